The third-order valence-electron chi connectivity index (χ3n) is 5.84. The van der Waals surface area contributed by atoms with E-state index in [1.807, 2.05) is 11.0 Å². The molecule has 2 fully saturated rings. The molecule has 1 atom stereocenters. The molecular weight excluding hydrogens is 368 g/mol. The summed E-state index contributed by atoms with van der Waals surface area (Å²) < 4.78 is 0. The van der Waals surface area contributed by atoms with E-state index in [0.717, 1.165) is 58.7 Å². The quantitative estimate of drug-likeness (QED) is 0.568. The number of nitro groups is 1. The molecule has 2 aliphatic heterocycles. The van der Waals surface area contributed by atoms with Crippen LogP contribution in [0.4, 0.5) is 17.3 Å². The van der Waals surface area contributed by atoms with Crippen LogP contribution < -0.4 is 9.80 Å². The van der Waals surface area contributed by atoms with Gasteiger partial charge in [0.1, 0.15) is 6.33 Å². The van der Waals surface area contributed by atoms with Gasteiger partial charge < -0.3 is 9.80 Å². The number of hydrogen-bond donors (Lipinski definition) is 0. The van der Waals surface area contributed by atoms with E-state index in [1.165, 1.54) is 11.9 Å². The molecule has 3 heterocycles. The standard InChI is InChI=1S/C21H28N6O2/c1-17-6-5-9-26(14-17)21-19(27(28)29)20(22-16-23-21)25-12-10-24(11-13-25)15-18-7-3-2-4-8-18/h2-4,7-8,16-17H,5-6,9-15H2,1H3. The molecule has 0 N–H and O–H groups in total. The van der Waals surface area contributed by atoms with Crippen LogP contribution >= 0.6 is 0 Å². The number of aromatic nitrogens is 2. The average molecular weight is 396 g/mol. The van der Waals surface area contributed by atoms with E-state index in [2.05, 4.69) is 51.0 Å². The Morgan fingerprint density at radius 1 is 1.03 bits per heavy atom. The highest BCUT2D eigenvalue weighted by atomic mass is 16.6. The Kier molecular flexibility index (Phi) is 5.89. The van der Waals surface area contributed by atoms with Crippen molar-refractivity contribution < 1.29 is 4.92 Å². The molecule has 0 bridgehead atoms. The number of benzene rings is 1. The van der Waals surface area contributed by atoms with E-state index in [-0.39, 0.29) is 10.6 Å². The summed E-state index contributed by atoms with van der Waals surface area (Å²) in [6.45, 7) is 7.86. The lowest BCUT2D eigenvalue weighted by Crippen LogP contribution is -2.46. The lowest BCUT2D eigenvalue weighted by molar-refractivity contribution is -0.383. The number of hydrogen-bond acceptors (Lipinski definition) is 7. The Morgan fingerprint density at radius 2 is 1.72 bits per heavy atom. The van der Waals surface area contributed by atoms with E-state index in [9.17, 15) is 10.1 Å². The van der Waals surface area contributed by atoms with Gasteiger partial charge in [-0.05, 0) is 24.3 Å². The predicted octanol–water partition coefficient (Wildman–Crippen LogP) is 2.94. The van der Waals surface area contributed by atoms with Gasteiger partial charge in [0.25, 0.3) is 0 Å². The van der Waals surface area contributed by atoms with Crippen molar-refractivity contribution in [2.24, 2.45) is 5.92 Å². The van der Waals surface area contributed by atoms with Crippen molar-refractivity contribution in [1.82, 2.24) is 14.9 Å². The maximum absolute atomic E-state index is 12.0. The molecule has 8 nitrogen and oxygen atoms in total. The van der Waals surface area contributed by atoms with Gasteiger partial charge in [-0.25, -0.2) is 9.97 Å². The van der Waals surface area contributed by atoms with Gasteiger partial charge in [-0.15, -0.1) is 0 Å². The molecule has 154 valence electrons. The summed E-state index contributed by atoms with van der Waals surface area (Å²) in [6, 6.07) is 10.4. The van der Waals surface area contributed by atoms with Gasteiger partial charge in [-0.3, -0.25) is 15.0 Å². The van der Waals surface area contributed by atoms with Crippen molar-refractivity contribution >= 4 is 17.3 Å². The maximum Gasteiger partial charge on any atom is 0.353 e. The second-order valence-corrected chi connectivity index (χ2v) is 8.07. The zero-order valence-electron chi connectivity index (χ0n) is 16.9. The van der Waals surface area contributed by atoms with Crippen LogP contribution in [0.15, 0.2) is 36.7 Å². The Balaban J connectivity index is 1.50. The first-order valence-corrected chi connectivity index (χ1v) is 10.4. The number of nitrogens with zero attached hydrogens (tertiary/aromatic N) is 6. The van der Waals surface area contributed by atoms with E-state index < -0.39 is 0 Å². The first-order valence-electron chi connectivity index (χ1n) is 10.4. The van der Waals surface area contributed by atoms with Crippen LogP contribution in [0.5, 0.6) is 0 Å². The van der Waals surface area contributed by atoms with E-state index in [0.29, 0.717) is 17.6 Å². The van der Waals surface area contributed by atoms with Crippen LogP contribution in [0.25, 0.3) is 0 Å². The minimum Gasteiger partial charge on any atom is -0.350 e. The monoisotopic (exact) mass is 396 g/mol. The van der Waals surface area contributed by atoms with E-state index in [1.54, 1.807) is 0 Å². The second-order valence-electron chi connectivity index (χ2n) is 8.07. The smallest absolute Gasteiger partial charge is 0.350 e. The Labute approximate surface area is 171 Å². The predicted molar refractivity (Wildman–Crippen MR) is 113 cm³/mol. The van der Waals surface area contributed by atoms with Gasteiger partial charge in [-0.2, -0.15) is 0 Å². The van der Waals surface area contributed by atoms with Crippen molar-refractivity contribution in [3.8, 4) is 0 Å². The van der Waals surface area contributed by atoms with Gasteiger partial charge in [0.2, 0.25) is 11.6 Å². The molecule has 0 amide bonds. The highest BCUT2D eigenvalue weighted by molar-refractivity contribution is 5.71. The highest BCUT2D eigenvalue weighted by Gasteiger charge is 2.32. The topological polar surface area (TPSA) is 78.6 Å². The SMILES string of the molecule is CC1CCCN(c2ncnc(N3CCN(Cc4ccccc4)CC3)c2[N+](=O)[O-])C1. The summed E-state index contributed by atoms with van der Waals surface area (Å²) in [5, 5.41) is 12.0. The van der Waals surface area contributed by atoms with Crippen molar-refractivity contribution in [3.63, 3.8) is 0 Å². The van der Waals surface area contributed by atoms with Gasteiger partial charge in [0.05, 0.1) is 4.92 Å². The number of piperazine rings is 1. The molecule has 0 saturated carbocycles. The van der Waals surface area contributed by atoms with Gasteiger partial charge >= 0.3 is 5.69 Å². The fraction of sp³-hybridized carbons (Fsp3) is 0.524. The Bertz CT molecular complexity index is 838. The molecule has 4 rings (SSSR count). The minimum atomic E-state index is -0.305. The molecule has 0 radical (unpaired) electrons. The minimum absolute atomic E-state index is 0.0538. The van der Waals surface area contributed by atoms with Gasteiger partial charge in [-0.1, -0.05) is 37.3 Å². The van der Waals surface area contributed by atoms with Crippen LogP contribution in [0.1, 0.15) is 25.3 Å². The summed E-state index contributed by atoms with van der Waals surface area (Å²) in [4.78, 5) is 26.8. The van der Waals surface area contributed by atoms with Crippen molar-refractivity contribution in [2.75, 3.05) is 49.1 Å². The van der Waals surface area contributed by atoms with Crippen LogP contribution in [0.3, 0.4) is 0 Å². The van der Waals surface area contributed by atoms with E-state index in [4.69, 9.17) is 0 Å². The largest absolute Gasteiger partial charge is 0.353 e. The molecule has 1 aromatic heterocycles. The molecule has 0 spiro atoms. The lowest BCUT2D eigenvalue weighted by atomic mass is 10.0. The molecular formula is C21H28N6O2. The third kappa shape index (κ3) is 4.48. The number of rotatable bonds is 5. The summed E-state index contributed by atoms with van der Waals surface area (Å²) in [5.41, 5.74) is 1.34. The first-order chi connectivity index (χ1) is 14.1. The lowest BCUT2D eigenvalue weighted by Gasteiger charge is -2.36. The van der Waals surface area contributed by atoms with Crippen LogP contribution in [0, 0.1) is 16.0 Å². The average Bonchev–Trinajstić information content (AvgIpc) is 2.74. The number of anilines is 2. The fourth-order valence-corrected chi connectivity index (χ4v) is 4.33. The first kappa shape index (κ1) is 19.6. The summed E-state index contributed by atoms with van der Waals surface area (Å²) in [5.74, 6) is 1.44. The molecule has 1 aromatic carbocycles. The Morgan fingerprint density at radius 3 is 2.38 bits per heavy atom. The summed E-state index contributed by atoms with van der Waals surface area (Å²) in [7, 11) is 0. The van der Waals surface area contributed by atoms with Crippen LogP contribution in [0.2, 0.25) is 0 Å². The molecule has 29 heavy (non-hydrogen) atoms. The van der Waals surface area contributed by atoms with Crippen LogP contribution in [-0.4, -0.2) is 59.1 Å². The molecule has 8 heteroatoms. The normalized spacial score (nSPS) is 20.7. The second kappa shape index (κ2) is 8.73. The molecule has 2 aromatic rings. The highest BCUT2D eigenvalue weighted by Crippen LogP contribution is 2.36. The van der Waals surface area contributed by atoms with Gasteiger partial charge in [0.15, 0.2) is 0 Å². The summed E-state index contributed by atoms with van der Waals surface area (Å²) >= 11 is 0. The Hall–Kier alpha value is -2.74. The van der Waals surface area contributed by atoms with Crippen molar-refractivity contribution in [3.05, 3.63) is 52.3 Å². The van der Waals surface area contributed by atoms with Gasteiger partial charge in [0, 0.05) is 45.8 Å². The van der Waals surface area contributed by atoms with Crippen LogP contribution in [-0.2, 0) is 6.54 Å². The van der Waals surface area contributed by atoms with E-state index >= 15 is 0 Å². The molecule has 2 aliphatic rings. The zero-order valence-corrected chi connectivity index (χ0v) is 16.9. The van der Waals surface area contributed by atoms with Crippen molar-refractivity contribution in [1.29, 1.82) is 0 Å². The zero-order chi connectivity index (χ0) is 20.2. The molecule has 1 unspecified atom stereocenters. The number of piperidine rings is 1. The fourth-order valence-electron chi connectivity index (χ4n) is 4.33. The molecule has 0 aliphatic carbocycles. The summed E-state index contributed by atoms with van der Waals surface area (Å²) in [6.07, 6.45) is 3.68. The van der Waals surface area contributed by atoms with Crippen molar-refractivity contribution in [2.45, 2.75) is 26.3 Å². The maximum atomic E-state index is 12.0. The molecule has 2 saturated heterocycles. The third-order valence-corrected chi connectivity index (χ3v) is 5.84.